The van der Waals surface area contributed by atoms with Crippen LogP contribution in [-0.4, -0.2) is 13.7 Å². The molecule has 1 aromatic heterocycles. The molecule has 108 valence electrons. The summed E-state index contributed by atoms with van der Waals surface area (Å²) in [6, 6.07) is 10.9. The van der Waals surface area contributed by atoms with Crippen LogP contribution in [0.25, 0.3) is 0 Å². The minimum absolute atomic E-state index is 0.289. The van der Waals surface area contributed by atoms with E-state index in [1.165, 1.54) is 11.3 Å². The first-order valence-electron chi connectivity index (χ1n) is 5.83. The maximum Gasteiger partial charge on any atom is 0.250 e. The molecule has 0 aliphatic rings. The fourth-order valence-electron chi connectivity index (χ4n) is 1.68. The Morgan fingerprint density at radius 1 is 1.30 bits per heavy atom. The third kappa shape index (κ3) is 3.71. The van der Waals surface area contributed by atoms with Crippen LogP contribution in [0.2, 0.25) is 0 Å². The quantitative estimate of drug-likeness (QED) is 0.709. The molecule has 2 rings (SSSR count). The van der Waals surface area contributed by atoms with Crippen molar-refractivity contribution in [2.45, 2.75) is 17.2 Å². The first-order chi connectivity index (χ1) is 9.44. The van der Waals surface area contributed by atoms with Gasteiger partial charge in [0.05, 0.1) is 9.83 Å². The lowest BCUT2D eigenvalue weighted by Crippen LogP contribution is -2.29. The maximum absolute atomic E-state index is 12.4. The zero-order valence-corrected chi connectivity index (χ0v) is 15.4. The number of hydrogen-bond donors (Lipinski definition) is 1. The summed E-state index contributed by atoms with van der Waals surface area (Å²) >= 11 is 7.94. The molecule has 1 N–H and O–H groups in total. The third-order valence-electron chi connectivity index (χ3n) is 2.75. The van der Waals surface area contributed by atoms with E-state index in [1.807, 2.05) is 37.3 Å². The van der Waals surface area contributed by atoms with Gasteiger partial charge in [0.25, 0.3) is 10.0 Å². The number of hydrogen-bond acceptors (Lipinski definition) is 3. The number of aryl methyl sites for hydroxylation is 1. The lowest BCUT2D eigenvalue weighted by atomic mass is 10.1. The van der Waals surface area contributed by atoms with Crippen LogP contribution in [0.5, 0.6) is 0 Å². The highest BCUT2D eigenvalue weighted by Crippen LogP contribution is 2.31. The van der Waals surface area contributed by atoms with Gasteiger partial charge in [0.15, 0.2) is 0 Å². The molecular weight excluding hydrogens is 426 g/mol. The highest BCUT2D eigenvalue weighted by atomic mass is 79.9. The predicted octanol–water partition coefficient (Wildman–Crippen LogP) is 4.23. The van der Waals surface area contributed by atoms with Crippen molar-refractivity contribution in [2.24, 2.45) is 0 Å². The van der Waals surface area contributed by atoms with Crippen molar-refractivity contribution in [1.29, 1.82) is 0 Å². The molecule has 0 radical (unpaired) electrons. The van der Waals surface area contributed by atoms with Gasteiger partial charge in [-0.1, -0.05) is 46.3 Å². The summed E-state index contributed by atoms with van der Waals surface area (Å²) in [6.45, 7) is 1.87. The minimum Gasteiger partial charge on any atom is -0.206 e. The van der Waals surface area contributed by atoms with Crippen LogP contribution in [0.3, 0.4) is 0 Å². The Hall–Kier alpha value is -0.210. The smallest absolute Gasteiger partial charge is 0.206 e. The van der Waals surface area contributed by atoms with E-state index in [4.69, 9.17) is 0 Å². The van der Waals surface area contributed by atoms with Crippen LogP contribution in [0.1, 0.15) is 17.2 Å². The van der Waals surface area contributed by atoms with E-state index in [1.54, 1.807) is 6.07 Å². The fraction of sp³-hybridized carbons (Fsp3) is 0.231. The zero-order valence-electron chi connectivity index (χ0n) is 10.6. The van der Waals surface area contributed by atoms with Crippen molar-refractivity contribution in [2.75, 3.05) is 5.33 Å². The summed E-state index contributed by atoms with van der Waals surface area (Å²) in [5.74, 6) is 0. The van der Waals surface area contributed by atoms with Crippen molar-refractivity contribution in [1.82, 2.24) is 4.72 Å². The Morgan fingerprint density at radius 3 is 2.45 bits per heavy atom. The van der Waals surface area contributed by atoms with Gasteiger partial charge in [-0.25, -0.2) is 13.1 Å². The number of benzene rings is 1. The van der Waals surface area contributed by atoms with Crippen LogP contribution in [0, 0.1) is 6.92 Å². The highest BCUT2D eigenvalue weighted by Gasteiger charge is 2.23. The van der Waals surface area contributed by atoms with Crippen LogP contribution in [0.4, 0.5) is 0 Å². The molecule has 0 bridgehead atoms. The average molecular weight is 439 g/mol. The van der Waals surface area contributed by atoms with Gasteiger partial charge in [-0.05, 0) is 40.0 Å². The maximum atomic E-state index is 12.4. The lowest BCUT2D eigenvalue weighted by Gasteiger charge is -2.16. The largest absolute Gasteiger partial charge is 0.250 e. The van der Waals surface area contributed by atoms with Crippen molar-refractivity contribution in [3.8, 4) is 0 Å². The molecular formula is C13H13Br2NO2S2. The molecule has 0 spiro atoms. The van der Waals surface area contributed by atoms with Gasteiger partial charge in [-0.2, -0.15) is 0 Å². The summed E-state index contributed by atoms with van der Waals surface area (Å²) in [5.41, 5.74) is 1.85. The van der Waals surface area contributed by atoms with E-state index in [0.29, 0.717) is 9.54 Å². The van der Waals surface area contributed by atoms with Gasteiger partial charge in [0.2, 0.25) is 0 Å². The van der Waals surface area contributed by atoms with Crippen molar-refractivity contribution in [3.63, 3.8) is 0 Å². The van der Waals surface area contributed by atoms with E-state index in [9.17, 15) is 8.42 Å². The molecule has 1 unspecified atom stereocenters. The number of thiophene rings is 1. The van der Waals surface area contributed by atoms with E-state index in [-0.39, 0.29) is 6.04 Å². The number of nitrogens with one attached hydrogen (secondary N) is 1. The highest BCUT2D eigenvalue weighted by molar-refractivity contribution is 9.11. The van der Waals surface area contributed by atoms with Crippen LogP contribution < -0.4 is 4.72 Å². The summed E-state index contributed by atoms with van der Waals surface area (Å²) in [6.07, 6.45) is 0. The molecule has 0 fully saturated rings. The van der Waals surface area contributed by atoms with Crippen LogP contribution >= 0.6 is 43.2 Å². The standard InChI is InChI=1S/C13H13Br2NO2S2/c1-9-7-12(19-13(9)15)20(17,18)16-11(8-14)10-5-3-2-4-6-10/h2-7,11,16H,8H2,1H3. The van der Waals surface area contributed by atoms with Gasteiger partial charge in [-0.15, -0.1) is 11.3 Å². The second kappa shape index (κ2) is 6.70. The Balaban J connectivity index is 2.27. The topological polar surface area (TPSA) is 46.2 Å². The second-order valence-corrected chi connectivity index (χ2v) is 9.22. The van der Waals surface area contributed by atoms with Crippen molar-refractivity contribution < 1.29 is 8.42 Å². The Kier molecular flexibility index (Phi) is 5.42. The van der Waals surface area contributed by atoms with E-state index in [0.717, 1.165) is 14.9 Å². The summed E-state index contributed by atoms with van der Waals surface area (Å²) < 4.78 is 28.7. The first-order valence-corrected chi connectivity index (χ1v) is 10.0. The number of rotatable bonds is 5. The average Bonchev–Trinajstić information content (AvgIpc) is 2.78. The van der Waals surface area contributed by atoms with Gasteiger partial charge < -0.3 is 0 Å². The SMILES string of the molecule is Cc1cc(S(=O)(=O)NC(CBr)c2ccccc2)sc1Br. The van der Waals surface area contributed by atoms with E-state index >= 15 is 0 Å². The zero-order chi connectivity index (χ0) is 14.8. The van der Waals surface area contributed by atoms with Gasteiger partial charge in [-0.3, -0.25) is 0 Å². The van der Waals surface area contributed by atoms with Gasteiger partial charge >= 0.3 is 0 Å². The Bertz CT molecular complexity index is 664. The number of alkyl halides is 1. The monoisotopic (exact) mass is 437 g/mol. The number of halogens is 2. The normalized spacial score (nSPS) is 13.3. The molecule has 1 heterocycles. The minimum atomic E-state index is -3.51. The second-order valence-electron chi connectivity index (χ2n) is 4.26. The molecule has 0 amide bonds. The summed E-state index contributed by atoms with van der Waals surface area (Å²) in [5, 5.41) is 0.516. The molecule has 2 aromatic rings. The van der Waals surface area contributed by atoms with Gasteiger partial charge in [0.1, 0.15) is 4.21 Å². The molecule has 0 saturated heterocycles. The van der Waals surface area contributed by atoms with Gasteiger partial charge in [0, 0.05) is 5.33 Å². The number of sulfonamides is 1. The van der Waals surface area contributed by atoms with Crippen LogP contribution in [-0.2, 0) is 10.0 Å². The molecule has 3 nitrogen and oxygen atoms in total. The van der Waals surface area contributed by atoms with E-state index < -0.39 is 10.0 Å². The van der Waals surface area contributed by atoms with Crippen LogP contribution in [0.15, 0.2) is 44.4 Å². The summed E-state index contributed by atoms with van der Waals surface area (Å²) in [7, 11) is -3.51. The van der Waals surface area contributed by atoms with E-state index in [2.05, 4.69) is 36.6 Å². The first kappa shape index (κ1) is 16.2. The molecule has 20 heavy (non-hydrogen) atoms. The summed E-state index contributed by atoms with van der Waals surface area (Å²) in [4.78, 5) is 0. The van der Waals surface area contributed by atoms with Crippen molar-refractivity contribution in [3.05, 3.63) is 51.3 Å². The molecule has 1 aromatic carbocycles. The fourth-order valence-corrected chi connectivity index (χ4v) is 5.90. The molecule has 1 atom stereocenters. The third-order valence-corrected chi connectivity index (χ3v) is 7.48. The van der Waals surface area contributed by atoms with Crippen molar-refractivity contribution >= 4 is 53.2 Å². The Morgan fingerprint density at radius 2 is 1.95 bits per heavy atom. The molecule has 0 aliphatic carbocycles. The molecule has 7 heteroatoms. The Labute approximate surface area is 139 Å². The predicted molar refractivity (Wildman–Crippen MR) is 90.1 cm³/mol. The molecule has 0 aliphatic heterocycles. The molecule has 0 saturated carbocycles. The lowest BCUT2D eigenvalue weighted by molar-refractivity contribution is 0.571.